The zero-order chi connectivity index (χ0) is 23.8. The first kappa shape index (κ1) is 25.2. The molecule has 8 nitrogen and oxygen atoms in total. The van der Waals surface area contributed by atoms with Crippen LogP contribution in [0.5, 0.6) is 11.5 Å². The monoisotopic (exact) mass is 503 g/mol. The smallest absolute Gasteiger partial charge is 0.255 e. The average Bonchev–Trinajstić information content (AvgIpc) is 3.59. The summed E-state index contributed by atoms with van der Waals surface area (Å²) in [5.74, 6) is 0.866. The number of aromatic nitrogens is 3. The van der Waals surface area contributed by atoms with Crippen LogP contribution in [0.4, 0.5) is 4.39 Å². The summed E-state index contributed by atoms with van der Waals surface area (Å²) in [6.45, 7) is 5.94. The summed E-state index contributed by atoms with van der Waals surface area (Å²) in [6, 6.07) is 3.08. The minimum absolute atomic E-state index is 0. The lowest BCUT2D eigenvalue weighted by Crippen LogP contribution is -2.42. The third kappa shape index (κ3) is 5.21. The van der Waals surface area contributed by atoms with Crippen LogP contribution in [0.15, 0.2) is 12.1 Å². The molecule has 1 saturated carbocycles. The first-order valence-corrected chi connectivity index (χ1v) is 11.8. The van der Waals surface area contributed by atoms with Gasteiger partial charge in [0.1, 0.15) is 22.8 Å². The molecule has 1 saturated heterocycles. The molecule has 3 heterocycles. The number of hydrogen-bond acceptors (Lipinski definition) is 6. The van der Waals surface area contributed by atoms with E-state index in [1.54, 1.807) is 13.0 Å². The molecule has 3 aromatic rings. The molecule has 1 aliphatic carbocycles. The van der Waals surface area contributed by atoms with E-state index in [2.05, 4.69) is 25.6 Å². The van der Waals surface area contributed by atoms with Gasteiger partial charge in [-0.2, -0.15) is 0 Å². The predicted octanol–water partition coefficient (Wildman–Crippen LogP) is 4.08. The predicted molar refractivity (Wildman–Crippen MR) is 134 cm³/mol. The van der Waals surface area contributed by atoms with Gasteiger partial charge in [0.2, 0.25) is 0 Å². The topological polar surface area (TPSA) is 101 Å². The van der Waals surface area contributed by atoms with E-state index in [9.17, 15) is 9.18 Å². The van der Waals surface area contributed by atoms with E-state index in [0.717, 1.165) is 38.8 Å². The second-order valence-electron chi connectivity index (χ2n) is 9.20. The molecule has 2 fully saturated rings. The summed E-state index contributed by atoms with van der Waals surface area (Å²) in [5, 5.41) is 6.47. The normalized spacial score (nSPS) is 16.1. The number of rotatable bonds is 7. The van der Waals surface area contributed by atoms with Gasteiger partial charge in [-0.15, -0.1) is 12.4 Å². The van der Waals surface area contributed by atoms with Gasteiger partial charge in [-0.1, -0.05) is 0 Å². The molecule has 0 unspecified atom stereocenters. The van der Waals surface area contributed by atoms with Gasteiger partial charge in [-0.3, -0.25) is 4.79 Å². The fourth-order valence-corrected chi connectivity index (χ4v) is 4.48. The fraction of sp³-hybridized carbons (Fsp3) is 0.480. The molecule has 5 rings (SSSR count). The second kappa shape index (κ2) is 10.4. The Kier molecular flexibility index (Phi) is 7.47. The Morgan fingerprint density at radius 1 is 1.14 bits per heavy atom. The van der Waals surface area contributed by atoms with Gasteiger partial charge in [0.15, 0.2) is 11.6 Å². The number of carbonyl (C=O) groups excluding carboxylic acids is 1. The number of halogens is 2. The third-order valence-corrected chi connectivity index (χ3v) is 6.53. The van der Waals surface area contributed by atoms with Crippen LogP contribution in [0.1, 0.15) is 47.6 Å². The summed E-state index contributed by atoms with van der Waals surface area (Å²) < 4.78 is 25.8. The van der Waals surface area contributed by atoms with E-state index < -0.39 is 5.82 Å². The van der Waals surface area contributed by atoms with Crippen LogP contribution >= 0.6 is 12.4 Å². The third-order valence-electron chi connectivity index (χ3n) is 6.53. The van der Waals surface area contributed by atoms with Crippen LogP contribution < -0.4 is 20.1 Å². The van der Waals surface area contributed by atoms with Crippen molar-refractivity contribution < 1.29 is 18.7 Å². The Hall–Kier alpha value is -2.91. The van der Waals surface area contributed by atoms with E-state index in [-0.39, 0.29) is 30.1 Å². The van der Waals surface area contributed by atoms with Crippen molar-refractivity contribution in [1.82, 2.24) is 25.6 Å². The first-order chi connectivity index (χ1) is 16.4. The van der Waals surface area contributed by atoms with Gasteiger partial charge >= 0.3 is 0 Å². The number of aryl methyl sites for hydroxylation is 2. The van der Waals surface area contributed by atoms with Gasteiger partial charge < -0.3 is 25.1 Å². The van der Waals surface area contributed by atoms with Crippen LogP contribution in [-0.4, -0.2) is 53.7 Å². The highest BCUT2D eigenvalue weighted by Crippen LogP contribution is 2.39. The number of nitrogens with zero attached hydrogens (tertiary/aromatic N) is 2. The van der Waals surface area contributed by atoms with E-state index in [0.29, 0.717) is 57.6 Å². The molecule has 3 N–H and O–H groups in total. The van der Waals surface area contributed by atoms with Gasteiger partial charge in [-0.25, -0.2) is 14.4 Å². The number of piperidine rings is 1. The summed E-state index contributed by atoms with van der Waals surface area (Å²) >= 11 is 0. The quantitative estimate of drug-likeness (QED) is 0.449. The number of fused-ring (bicyclic) bond motifs is 1. The Bertz CT molecular complexity index is 1240. The summed E-state index contributed by atoms with van der Waals surface area (Å²) in [5.41, 5.74) is 3.52. The van der Waals surface area contributed by atoms with Crippen molar-refractivity contribution in [3.8, 4) is 22.8 Å². The number of ether oxygens (including phenoxy) is 2. The molecular weight excluding hydrogens is 473 g/mol. The van der Waals surface area contributed by atoms with Crippen LogP contribution in [0.2, 0.25) is 0 Å². The van der Waals surface area contributed by atoms with Crippen molar-refractivity contribution in [2.24, 2.45) is 5.92 Å². The lowest BCUT2D eigenvalue weighted by Gasteiger charge is -2.23. The maximum absolute atomic E-state index is 14.6. The molecule has 10 heteroatoms. The highest BCUT2D eigenvalue weighted by atomic mass is 35.5. The van der Waals surface area contributed by atoms with Crippen LogP contribution in [0, 0.1) is 25.6 Å². The first-order valence-electron chi connectivity index (χ1n) is 11.8. The van der Waals surface area contributed by atoms with Crippen LogP contribution in [0.25, 0.3) is 22.3 Å². The van der Waals surface area contributed by atoms with Crippen molar-refractivity contribution in [1.29, 1.82) is 0 Å². The molecule has 188 valence electrons. The van der Waals surface area contributed by atoms with Gasteiger partial charge in [-0.05, 0) is 64.6 Å². The summed E-state index contributed by atoms with van der Waals surface area (Å²) in [4.78, 5) is 25.8. The molecule has 0 bridgehead atoms. The second-order valence-corrected chi connectivity index (χ2v) is 9.20. The van der Waals surface area contributed by atoms with Gasteiger partial charge in [0.05, 0.1) is 24.8 Å². The number of aromatic amines is 1. The number of methoxy groups -OCH3 is 1. The zero-order valence-electron chi connectivity index (χ0n) is 20.2. The van der Waals surface area contributed by atoms with Gasteiger partial charge in [0.25, 0.3) is 5.91 Å². The summed E-state index contributed by atoms with van der Waals surface area (Å²) in [7, 11) is 1.43. The highest BCUT2D eigenvalue weighted by molar-refractivity contribution is 6.09. The largest absolute Gasteiger partial charge is 0.494 e. The van der Waals surface area contributed by atoms with E-state index in [1.807, 2.05) is 6.92 Å². The molecule has 2 aliphatic rings. The lowest BCUT2D eigenvalue weighted by molar-refractivity contribution is 0.0930. The Labute approximate surface area is 209 Å². The fourth-order valence-electron chi connectivity index (χ4n) is 4.48. The SMILES string of the molecule is COc1cc(-c2nc(C)nc3c(C(=O)NC4CCNCC4)c(C)[nH]c23)c(OCC2CC2)cc1F.Cl. The molecule has 0 atom stereocenters. The molecule has 0 spiro atoms. The molecule has 1 aromatic carbocycles. The maximum atomic E-state index is 14.6. The molecule has 0 radical (unpaired) electrons. The highest BCUT2D eigenvalue weighted by Gasteiger charge is 2.27. The zero-order valence-corrected chi connectivity index (χ0v) is 21.0. The van der Waals surface area contributed by atoms with Crippen LogP contribution in [-0.2, 0) is 0 Å². The Morgan fingerprint density at radius 3 is 2.57 bits per heavy atom. The van der Waals surface area contributed by atoms with Crippen molar-refractivity contribution in [3.63, 3.8) is 0 Å². The molecule has 35 heavy (non-hydrogen) atoms. The summed E-state index contributed by atoms with van der Waals surface area (Å²) in [6.07, 6.45) is 4.03. The Balaban J connectivity index is 0.00000289. The van der Waals surface area contributed by atoms with E-state index in [1.165, 1.54) is 13.2 Å². The van der Waals surface area contributed by atoms with Crippen molar-refractivity contribution >= 4 is 29.3 Å². The number of nitrogens with one attached hydrogen (secondary N) is 3. The van der Waals surface area contributed by atoms with E-state index in [4.69, 9.17) is 9.47 Å². The number of H-pyrrole nitrogens is 1. The van der Waals surface area contributed by atoms with Gasteiger partial charge in [0, 0.05) is 23.4 Å². The Morgan fingerprint density at radius 2 is 1.89 bits per heavy atom. The number of carbonyl (C=O) groups is 1. The van der Waals surface area contributed by atoms with Crippen molar-refractivity contribution in [2.75, 3.05) is 26.8 Å². The molecule has 2 aromatic heterocycles. The number of amides is 1. The minimum Gasteiger partial charge on any atom is -0.494 e. The minimum atomic E-state index is -0.497. The number of benzene rings is 1. The molecular formula is C25H31ClFN5O3. The average molecular weight is 504 g/mol. The van der Waals surface area contributed by atoms with Crippen LogP contribution in [0.3, 0.4) is 0 Å². The van der Waals surface area contributed by atoms with Crippen molar-refractivity contribution in [3.05, 3.63) is 35.0 Å². The standard InChI is InChI=1S/C25H30FN5O3.ClH/c1-13-21(25(32)31-16-6-8-27-9-7-16)23-24(28-13)22(29-14(2)30-23)17-10-20(33-3)18(26)11-19(17)34-12-15-4-5-15;/h10-11,15-16,27-28H,4-9,12H2,1-3H3,(H,31,32);1H. The lowest BCUT2D eigenvalue weighted by atomic mass is 10.1. The molecule has 1 amide bonds. The van der Waals surface area contributed by atoms with E-state index >= 15 is 0 Å². The maximum Gasteiger partial charge on any atom is 0.255 e. The molecule has 1 aliphatic heterocycles. The number of hydrogen-bond donors (Lipinski definition) is 3. The van der Waals surface area contributed by atoms with Crippen molar-refractivity contribution in [2.45, 2.75) is 45.6 Å².